The van der Waals surface area contributed by atoms with Gasteiger partial charge in [0, 0.05) is 41.6 Å². The lowest BCUT2D eigenvalue weighted by Gasteiger charge is -2.36. The molecule has 0 atom stereocenters. The summed E-state index contributed by atoms with van der Waals surface area (Å²) in [5.41, 5.74) is 1.53. The summed E-state index contributed by atoms with van der Waals surface area (Å²) in [6, 6.07) is 14.7. The summed E-state index contributed by atoms with van der Waals surface area (Å²) < 4.78 is 11.9. The Morgan fingerprint density at radius 3 is 2.11 bits per heavy atom. The average molecular weight is 360 g/mol. The number of fused-ring (bicyclic) bond motifs is 6. The highest BCUT2D eigenvalue weighted by atomic mass is 16.6. The minimum Gasteiger partial charge on any atom is -0.508 e. The molecule has 27 heavy (non-hydrogen) atoms. The molecular formula is C21H14NO5. The van der Waals surface area contributed by atoms with Crippen molar-refractivity contribution in [2.75, 3.05) is 5.32 Å². The summed E-state index contributed by atoms with van der Waals surface area (Å²) in [7, 11) is 3.66. The van der Waals surface area contributed by atoms with E-state index in [-0.39, 0.29) is 11.5 Å². The van der Waals surface area contributed by atoms with E-state index in [9.17, 15) is 15.0 Å². The van der Waals surface area contributed by atoms with Crippen LogP contribution in [0.1, 0.15) is 27.0 Å². The van der Waals surface area contributed by atoms with Gasteiger partial charge in [-0.25, -0.2) is 4.79 Å². The van der Waals surface area contributed by atoms with Gasteiger partial charge in [0.1, 0.15) is 23.0 Å². The van der Waals surface area contributed by atoms with Gasteiger partial charge < -0.3 is 25.0 Å². The molecule has 133 valence electrons. The van der Waals surface area contributed by atoms with Crippen molar-refractivity contribution in [2.24, 2.45) is 0 Å². The van der Waals surface area contributed by atoms with Gasteiger partial charge in [0.05, 0.1) is 5.56 Å². The monoisotopic (exact) mass is 360 g/mol. The maximum atomic E-state index is 12.8. The highest BCUT2D eigenvalue weighted by Gasteiger charge is 2.54. The molecule has 0 aliphatic carbocycles. The van der Waals surface area contributed by atoms with E-state index in [0.717, 1.165) is 0 Å². The predicted molar refractivity (Wildman–Crippen MR) is 97.0 cm³/mol. The van der Waals surface area contributed by atoms with E-state index in [0.29, 0.717) is 39.4 Å². The number of esters is 1. The highest BCUT2D eigenvalue weighted by molar-refractivity contribution is 6.02. The highest BCUT2D eigenvalue weighted by Crippen LogP contribution is 2.57. The van der Waals surface area contributed by atoms with Gasteiger partial charge in [0.2, 0.25) is 0 Å². The fourth-order valence-electron chi connectivity index (χ4n) is 3.89. The standard InChI is InChI=1S/C21H14NO5/c1-22-16-4-2-3-15-19(16)20(25)27-21(15)13-7-5-11(23)9-17(13)26-18-10-12(24)6-8-14(18)21/h2-10,22-24H,1H2. The molecule has 1 spiro atoms. The van der Waals surface area contributed by atoms with Crippen LogP contribution in [0, 0.1) is 7.05 Å². The number of aromatic hydroxyl groups is 2. The Morgan fingerprint density at radius 1 is 0.889 bits per heavy atom. The molecule has 2 aliphatic rings. The van der Waals surface area contributed by atoms with Crippen molar-refractivity contribution in [1.29, 1.82) is 0 Å². The first kappa shape index (κ1) is 15.6. The SMILES string of the molecule is [CH2]Nc1cccc2c1C(=O)OC21c2ccc(O)cc2Oc2cc(O)ccc21. The van der Waals surface area contributed by atoms with Crippen molar-refractivity contribution >= 4 is 11.7 Å². The largest absolute Gasteiger partial charge is 0.508 e. The second-order valence-electron chi connectivity index (χ2n) is 6.44. The van der Waals surface area contributed by atoms with Gasteiger partial charge in [-0.15, -0.1) is 0 Å². The van der Waals surface area contributed by atoms with Crippen LogP contribution < -0.4 is 10.1 Å². The molecule has 5 rings (SSSR count). The maximum Gasteiger partial charge on any atom is 0.342 e. The smallest absolute Gasteiger partial charge is 0.342 e. The molecule has 2 aliphatic heterocycles. The van der Waals surface area contributed by atoms with E-state index in [1.165, 1.54) is 24.3 Å². The van der Waals surface area contributed by atoms with Crippen LogP contribution in [0.25, 0.3) is 0 Å². The fourth-order valence-corrected chi connectivity index (χ4v) is 3.89. The third kappa shape index (κ3) is 1.92. The van der Waals surface area contributed by atoms with Gasteiger partial charge in [0.25, 0.3) is 0 Å². The zero-order chi connectivity index (χ0) is 18.8. The number of carbonyl (C=O) groups is 1. The number of phenols is 2. The van der Waals surface area contributed by atoms with E-state index in [1.807, 2.05) is 12.1 Å². The second kappa shape index (κ2) is 5.17. The number of phenolic OH excluding ortho intramolecular Hbond substituents is 2. The Balaban J connectivity index is 1.91. The Labute approximate surface area is 154 Å². The summed E-state index contributed by atoms with van der Waals surface area (Å²) in [6.45, 7) is 0. The number of ether oxygens (including phenoxy) is 2. The zero-order valence-electron chi connectivity index (χ0n) is 14.0. The van der Waals surface area contributed by atoms with E-state index in [2.05, 4.69) is 12.4 Å². The fraction of sp³-hybridized carbons (Fsp3) is 0.0476. The van der Waals surface area contributed by atoms with Crippen molar-refractivity contribution in [1.82, 2.24) is 0 Å². The minimum absolute atomic E-state index is 0.0187. The van der Waals surface area contributed by atoms with Crippen molar-refractivity contribution in [3.8, 4) is 23.0 Å². The average Bonchev–Trinajstić information content (AvgIpc) is 2.95. The number of hydrogen-bond donors (Lipinski definition) is 3. The molecule has 0 bridgehead atoms. The molecule has 0 aromatic heterocycles. The topological polar surface area (TPSA) is 88.0 Å². The quantitative estimate of drug-likeness (QED) is 0.571. The zero-order valence-corrected chi connectivity index (χ0v) is 14.0. The Bertz CT molecular complexity index is 1070. The van der Waals surface area contributed by atoms with E-state index < -0.39 is 11.6 Å². The van der Waals surface area contributed by atoms with Crippen molar-refractivity contribution in [2.45, 2.75) is 5.60 Å². The Morgan fingerprint density at radius 2 is 1.52 bits per heavy atom. The van der Waals surface area contributed by atoms with Crippen molar-refractivity contribution < 1.29 is 24.5 Å². The van der Waals surface area contributed by atoms with Crippen LogP contribution >= 0.6 is 0 Å². The van der Waals surface area contributed by atoms with E-state index in [4.69, 9.17) is 9.47 Å². The number of rotatable bonds is 1. The van der Waals surface area contributed by atoms with Crippen LogP contribution in [0.15, 0.2) is 54.6 Å². The molecule has 2 heterocycles. The van der Waals surface area contributed by atoms with E-state index >= 15 is 0 Å². The second-order valence-corrected chi connectivity index (χ2v) is 6.44. The summed E-state index contributed by atoms with van der Waals surface area (Å²) in [5, 5.41) is 22.6. The van der Waals surface area contributed by atoms with Gasteiger partial charge in [-0.2, -0.15) is 0 Å². The van der Waals surface area contributed by atoms with Crippen molar-refractivity contribution in [3.05, 3.63) is 83.9 Å². The summed E-state index contributed by atoms with van der Waals surface area (Å²) in [5.74, 6) is 0.246. The minimum atomic E-state index is -1.25. The lowest BCUT2D eigenvalue weighted by Crippen LogP contribution is -2.32. The third-order valence-electron chi connectivity index (χ3n) is 4.99. The van der Waals surface area contributed by atoms with Crippen LogP contribution in [0.3, 0.4) is 0 Å². The molecule has 0 saturated heterocycles. The van der Waals surface area contributed by atoms with Gasteiger partial charge in [-0.1, -0.05) is 12.1 Å². The summed E-state index contributed by atoms with van der Waals surface area (Å²) in [6.07, 6.45) is 0. The first-order chi connectivity index (χ1) is 13.0. The number of hydrogen-bond acceptors (Lipinski definition) is 6. The number of anilines is 1. The molecule has 3 aromatic carbocycles. The lowest BCUT2D eigenvalue weighted by molar-refractivity contribution is 0.0224. The Kier molecular flexibility index (Phi) is 2.98. The molecule has 0 fully saturated rings. The molecular weight excluding hydrogens is 346 g/mol. The van der Waals surface area contributed by atoms with Crippen LogP contribution in [0.5, 0.6) is 23.0 Å². The molecule has 6 nitrogen and oxygen atoms in total. The lowest BCUT2D eigenvalue weighted by atomic mass is 9.77. The van der Waals surface area contributed by atoms with E-state index in [1.54, 1.807) is 18.2 Å². The number of benzene rings is 3. The first-order valence-electron chi connectivity index (χ1n) is 8.29. The van der Waals surface area contributed by atoms with Crippen LogP contribution in [-0.4, -0.2) is 16.2 Å². The van der Waals surface area contributed by atoms with Crippen LogP contribution in [0.2, 0.25) is 0 Å². The molecule has 3 aromatic rings. The maximum absolute atomic E-state index is 12.8. The van der Waals surface area contributed by atoms with Crippen molar-refractivity contribution in [3.63, 3.8) is 0 Å². The summed E-state index contributed by atoms with van der Waals surface area (Å²) >= 11 is 0. The molecule has 0 amide bonds. The summed E-state index contributed by atoms with van der Waals surface area (Å²) in [4.78, 5) is 12.8. The van der Waals surface area contributed by atoms with Gasteiger partial charge in [-0.3, -0.25) is 0 Å². The van der Waals surface area contributed by atoms with Crippen LogP contribution in [0.4, 0.5) is 5.69 Å². The Hall–Kier alpha value is -3.67. The van der Waals surface area contributed by atoms with Gasteiger partial charge in [0.15, 0.2) is 5.60 Å². The normalized spacial score (nSPS) is 15.4. The molecule has 0 saturated carbocycles. The van der Waals surface area contributed by atoms with Gasteiger partial charge >= 0.3 is 5.97 Å². The molecule has 1 radical (unpaired) electrons. The first-order valence-corrected chi connectivity index (χ1v) is 8.29. The molecule has 3 N–H and O–H groups in total. The van der Waals surface area contributed by atoms with Crippen LogP contribution in [-0.2, 0) is 10.3 Å². The number of nitrogens with one attached hydrogen (secondary N) is 1. The molecule has 0 unspecified atom stereocenters. The molecule has 6 heteroatoms. The predicted octanol–water partition coefficient (Wildman–Crippen LogP) is 3.87. The van der Waals surface area contributed by atoms with Gasteiger partial charge in [-0.05, 0) is 30.3 Å². The number of carbonyl (C=O) groups excluding carboxylic acids is 1. The third-order valence-corrected chi connectivity index (χ3v) is 4.99.